The molecule has 10 nitrogen and oxygen atoms in total. The summed E-state index contributed by atoms with van der Waals surface area (Å²) in [5.74, 6) is 2.50. The van der Waals surface area contributed by atoms with Crippen molar-refractivity contribution < 1.29 is 9.13 Å². The molecular formula is C24H22FN9O. The van der Waals surface area contributed by atoms with E-state index in [1.165, 1.54) is 6.07 Å². The number of anilines is 2. The molecule has 0 bridgehead atoms. The highest BCUT2D eigenvalue weighted by Crippen LogP contribution is 2.30. The van der Waals surface area contributed by atoms with Crippen LogP contribution in [0.15, 0.2) is 61.1 Å². The lowest BCUT2D eigenvalue weighted by Crippen LogP contribution is -2.08. The van der Waals surface area contributed by atoms with Gasteiger partial charge in [-0.05, 0) is 30.7 Å². The van der Waals surface area contributed by atoms with Crippen molar-refractivity contribution >= 4 is 11.8 Å². The smallest absolute Gasteiger partial charge is 0.228 e. The SMILES string of the molecule is Cn1nccc1Nc1nccc(-c2cc3n(c2)CCCn2c(COc4ccccc4F)nnc2-3)n1. The van der Waals surface area contributed by atoms with E-state index in [2.05, 4.69) is 47.4 Å². The maximum absolute atomic E-state index is 13.9. The number of halogens is 1. The van der Waals surface area contributed by atoms with Gasteiger partial charge in [0.25, 0.3) is 0 Å². The Hall–Kier alpha value is -4.54. The van der Waals surface area contributed by atoms with E-state index in [0.717, 1.165) is 48.1 Å². The summed E-state index contributed by atoms with van der Waals surface area (Å²) in [6, 6.07) is 12.1. The molecule has 0 saturated carbocycles. The number of benzene rings is 1. The van der Waals surface area contributed by atoms with Gasteiger partial charge >= 0.3 is 0 Å². The summed E-state index contributed by atoms with van der Waals surface area (Å²) in [4.78, 5) is 9.01. The molecule has 0 atom stereocenters. The Morgan fingerprint density at radius 3 is 2.86 bits per heavy atom. The molecule has 1 aromatic carbocycles. The van der Waals surface area contributed by atoms with E-state index in [1.807, 2.05) is 23.7 Å². The largest absolute Gasteiger partial charge is 0.483 e. The van der Waals surface area contributed by atoms with Crippen LogP contribution >= 0.6 is 0 Å². The van der Waals surface area contributed by atoms with Crippen LogP contribution < -0.4 is 10.1 Å². The highest BCUT2D eigenvalue weighted by molar-refractivity contribution is 5.68. The van der Waals surface area contributed by atoms with E-state index >= 15 is 0 Å². The molecule has 35 heavy (non-hydrogen) atoms. The van der Waals surface area contributed by atoms with Crippen LogP contribution in [-0.4, -0.2) is 39.1 Å². The average molecular weight is 472 g/mol. The van der Waals surface area contributed by atoms with Crippen LogP contribution in [0, 0.1) is 5.82 Å². The van der Waals surface area contributed by atoms with Gasteiger partial charge in [-0.25, -0.2) is 14.4 Å². The number of nitrogens with zero attached hydrogens (tertiary/aromatic N) is 8. The lowest BCUT2D eigenvalue weighted by Gasteiger charge is -2.09. The summed E-state index contributed by atoms with van der Waals surface area (Å²) in [6.45, 7) is 1.72. The summed E-state index contributed by atoms with van der Waals surface area (Å²) in [5.41, 5.74) is 2.69. The maximum atomic E-state index is 13.9. The second-order valence-corrected chi connectivity index (χ2v) is 8.20. The Morgan fingerprint density at radius 1 is 1.09 bits per heavy atom. The number of rotatable bonds is 6. The summed E-state index contributed by atoms with van der Waals surface area (Å²) in [6.07, 6.45) is 6.41. The lowest BCUT2D eigenvalue weighted by molar-refractivity contribution is 0.274. The topological polar surface area (TPSA) is 100 Å². The number of aromatic nitrogens is 8. The van der Waals surface area contributed by atoms with Gasteiger partial charge in [-0.1, -0.05) is 12.1 Å². The Labute approximate surface area is 200 Å². The molecule has 0 saturated heterocycles. The molecule has 5 aromatic rings. The van der Waals surface area contributed by atoms with Crippen molar-refractivity contribution in [1.29, 1.82) is 0 Å². The standard InChI is InChI=1S/C24H22FN9O/c1-32-21(8-10-27-32)29-24-26-9-7-18(28-24)16-13-19-23-31-30-22(34(23)12-4-11-33(19)14-16)15-35-20-6-3-2-5-17(20)25/h2-3,5-10,13-14H,4,11-12,15H2,1H3,(H,26,28,29). The molecule has 0 aliphatic carbocycles. The third kappa shape index (κ3) is 4.01. The first kappa shape index (κ1) is 21.0. The number of hydrogen-bond donors (Lipinski definition) is 1. The fourth-order valence-electron chi connectivity index (χ4n) is 4.18. The molecule has 0 unspecified atom stereocenters. The quantitative estimate of drug-likeness (QED) is 0.402. The summed E-state index contributed by atoms with van der Waals surface area (Å²) in [5, 5.41) is 16.1. The molecule has 0 spiro atoms. The normalized spacial score (nSPS) is 12.6. The number of nitrogens with one attached hydrogen (secondary N) is 1. The van der Waals surface area contributed by atoms with Gasteiger partial charge in [0.15, 0.2) is 23.2 Å². The number of para-hydroxylation sites is 1. The molecular weight excluding hydrogens is 449 g/mol. The van der Waals surface area contributed by atoms with Gasteiger partial charge in [-0.2, -0.15) is 5.10 Å². The molecule has 1 aliphatic heterocycles. The first-order valence-electron chi connectivity index (χ1n) is 11.2. The summed E-state index contributed by atoms with van der Waals surface area (Å²) < 4.78 is 25.6. The fraction of sp³-hybridized carbons (Fsp3) is 0.208. The molecule has 176 valence electrons. The van der Waals surface area contributed by atoms with Crippen molar-refractivity contribution in [2.45, 2.75) is 26.1 Å². The van der Waals surface area contributed by atoms with Crippen LogP contribution in [0.1, 0.15) is 12.2 Å². The van der Waals surface area contributed by atoms with Crippen LogP contribution in [0.4, 0.5) is 16.2 Å². The van der Waals surface area contributed by atoms with E-state index in [4.69, 9.17) is 4.74 Å². The van der Waals surface area contributed by atoms with E-state index < -0.39 is 5.82 Å². The highest BCUT2D eigenvalue weighted by atomic mass is 19.1. The second-order valence-electron chi connectivity index (χ2n) is 8.20. The van der Waals surface area contributed by atoms with Crippen molar-refractivity contribution in [3.8, 4) is 28.5 Å². The highest BCUT2D eigenvalue weighted by Gasteiger charge is 2.22. The molecule has 4 aromatic heterocycles. The van der Waals surface area contributed by atoms with E-state index in [9.17, 15) is 4.39 Å². The molecule has 0 fully saturated rings. The zero-order chi connectivity index (χ0) is 23.8. The van der Waals surface area contributed by atoms with Crippen LogP contribution in [0.5, 0.6) is 5.75 Å². The molecule has 11 heteroatoms. The molecule has 5 heterocycles. The Morgan fingerprint density at radius 2 is 2.00 bits per heavy atom. The van der Waals surface area contributed by atoms with E-state index in [-0.39, 0.29) is 12.4 Å². The minimum atomic E-state index is -0.399. The summed E-state index contributed by atoms with van der Waals surface area (Å²) >= 11 is 0. The van der Waals surface area contributed by atoms with Crippen molar-refractivity contribution in [3.63, 3.8) is 0 Å². The van der Waals surface area contributed by atoms with Crippen LogP contribution in [0.3, 0.4) is 0 Å². The molecule has 0 radical (unpaired) electrons. The minimum Gasteiger partial charge on any atom is -0.483 e. The van der Waals surface area contributed by atoms with Gasteiger partial charge in [-0.3, -0.25) is 4.68 Å². The van der Waals surface area contributed by atoms with Gasteiger partial charge in [0.2, 0.25) is 5.95 Å². The molecule has 1 aliphatic rings. The van der Waals surface area contributed by atoms with Gasteiger partial charge < -0.3 is 19.2 Å². The van der Waals surface area contributed by atoms with Crippen molar-refractivity contribution in [2.24, 2.45) is 7.05 Å². The Kier molecular flexibility index (Phi) is 5.21. The number of hydrogen-bond acceptors (Lipinski definition) is 7. The minimum absolute atomic E-state index is 0.135. The predicted octanol–water partition coefficient (Wildman–Crippen LogP) is 3.80. The van der Waals surface area contributed by atoms with Crippen molar-refractivity contribution in [2.75, 3.05) is 5.32 Å². The Balaban J connectivity index is 1.28. The van der Waals surface area contributed by atoms with Crippen LogP contribution in [0.25, 0.3) is 22.8 Å². The molecule has 1 N–H and O–H groups in total. The van der Waals surface area contributed by atoms with E-state index in [1.54, 1.807) is 35.3 Å². The Bertz CT molecular complexity index is 1500. The van der Waals surface area contributed by atoms with E-state index in [0.29, 0.717) is 11.8 Å². The molecule has 0 amide bonds. The van der Waals surface area contributed by atoms with Gasteiger partial charge in [-0.15, -0.1) is 10.2 Å². The fourth-order valence-corrected chi connectivity index (χ4v) is 4.18. The zero-order valence-corrected chi connectivity index (χ0v) is 19.0. The zero-order valence-electron chi connectivity index (χ0n) is 19.0. The second kappa shape index (κ2) is 8.67. The van der Waals surface area contributed by atoms with Crippen molar-refractivity contribution in [3.05, 3.63) is 72.7 Å². The third-order valence-electron chi connectivity index (χ3n) is 5.94. The average Bonchev–Trinajstić information content (AvgIpc) is 3.56. The number of fused-ring (bicyclic) bond motifs is 3. The monoisotopic (exact) mass is 471 g/mol. The first-order chi connectivity index (χ1) is 17.2. The van der Waals surface area contributed by atoms with Crippen LogP contribution in [-0.2, 0) is 26.7 Å². The number of ether oxygens (including phenoxy) is 1. The third-order valence-corrected chi connectivity index (χ3v) is 5.94. The summed E-state index contributed by atoms with van der Waals surface area (Å²) in [7, 11) is 1.85. The van der Waals surface area contributed by atoms with Crippen LogP contribution in [0.2, 0.25) is 0 Å². The predicted molar refractivity (Wildman–Crippen MR) is 126 cm³/mol. The van der Waals surface area contributed by atoms with Gasteiger partial charge in [0, 0.05) is 44.2 Å². The van der Waals surface area contributed by atoms with Gasteiger partial charge in [0.1, 0.15) is 12.4 Å². The lowest BCUT2D eigenvalue weighted by atomic mass is 10.2. The molecule has 6 rings (SSSR count). The van der Waals surface area contributed by atoms with Gasteiger partial charge in [0.05, 0.1) is 17.6 Å². The first-order valence-corrected chi connectivity index (χ1v) is 11.2. The maximum Gasteiger partial charge on any atom is 0.228 e. The van der Waals surface area contributed by atoms with Crippen molar-refractivity contribution in [1.82, 2.24) is 39.1 Å². The number of aryl methyl sites for hydroxylation is 2.